The molecule has 2 nitrogen and oxygen atoms in total. The molecule has 1 atom stereocenters. The van der Waals surface area contributed by atoms with Crippen LogP contribution in [0.1, 0.15) is 44.5 Å². The third kappa shape index (κ3) is 3.05. The zero-order chi connectivity index (χ0) is 11.6. The molecule has 0 bridgehead atoms. The molecular weight excluding hydrogens is 196 g/mol. The van der Waals surface area contributed by atoms with Crippen LogP contribution in [0.2, 0.25) is 0 Å². The summed E-state index contributed by atoms with van der Waals surface area (Å²) in [7, 11) is 0. The fourth-order valence-electron chi connectivity index (χ4n) is 2.56. The predicted octanol–water partition coefficient (Wildman–Crippen LogP) is 3.06. The Morgan fingerprint density at radius 3 is 2.88 bits per heavy atom. The maximum Gasteiger partial charge on any atom is 0.0544 e. The number of aryl methyl sites for hydroxylation is 1. The Morgan fingerprint density at radius 1 is 1.44 bits per heavy atom. The molecule has 16 heavy (non-hydrogen) atoms. The van der Waals surface area contributed by atoms with Crippen molar-refractivity contribution in [3.05, 3.63) is 29.6 Å². The number of pyridine rings is 1. The summed E-state index contributed by atoms with van der Waals surface area (Å²) < 4.78 is 0. The van der Waals surface area contributed by atoms with Gasteiger partial charge in [0.1, 0.15) is 0 Å². The van der Waals surface area contributed by atoms with Crippen LogP contribution in [0, 0.1) is 12.3 Å². The highest BCUT2D eigenvalue weighted by Crippen LogP contribution is 2.36. The van der Waals surface area contributed by atoms with Gasteiger partial charge in [0.25, 0.3) is 0 Å². The van der Waals surface area contributed by atoms with E-state index in [1.807, 2.05) is 13.0 Å². The van der Waals surface area contributed by atoms with Crippen molar-refractivity contribution in [2.45, 2.75) is 52.6 Å². The van der Waals surface area contributed by atoms with Crippen molar-refractivity contribution < 1.29 is 0 Å². The summed E-state index contributed by atoms with van der Waals surface area (Å²) in [5, 5.41) is 3.62. The molecular formula is C14H22N2. The van der Waals surface area contributed by atoms with Gasteiger partial charge in [-0.2, -0.15) is 0 Å². The van der Waals surface area contributed by atoms with Gasteiger partial charge in [-0.25, -0.2) is 0 Å². The van der Waals surface area contributed by atoms with Crippen LogP contribution in [0.25, 0.3) is 0 Å². The summed E-state index contributed by atoms with van der Waals surface area (Å²) in [6, 6.07) is 6.90. The van der Waals surface area contributed by atoms with E-state index in [4.69, 9.17) is 0 Å². The Bertz CT molecular complexity index is 358. The first-order valence-electron chi connectivity index (χ1n) is 6.21. The van der Waals surface area contributed by atoms with E-state index < -0.39 is 0 Å². The van der Waals surface area contributed by atoms with E-state index in [0.717, 1.165) is 17.9 Å². The molecule has 88 valence electrons. The molecule has 0 spiro atoms. The first-order chi connectivity index (χ1) is 7.55. The van der Waals surface area contributed by atoms with Gasteiger partial charge in [-0.3, -0.25) is 4.98 Å². The lowest BCUT2D eigenvalue weighted by Gasteiger charge is -2.17. The second kappa shape index (κ2) is 4.54. The molecule has 2 heteroatoms. The Kier molecular flexibility index (Phi) is 3.29. The molecule has 0 amide bonds. The fourth-order valence-corrected chi connectivity index (χ4v) is 2.56. The molecule has 1 aliphatic carbocycles. The van der Waals surface area contributed by atoms with E-state index in [9.17, 15) is 0 Å². The largest absolute Gasteiger partial charge is 0.308 e. The van der Waals surface area contributed by atoms with Crippen molar-refractivity contribution in [1.29, 1.82) is 0 Å². The van der Waals surface area contributed by atoms with E-state index in [1.54, 1.807) is 0 Å². The SMILES string of the molecule is Cc1cccc(CNC2CCC(C)(C)C2)n1. The van der Waals surface area contributed by atoms with Gasteiger partial charge in [0.2, 0.25) is 0 Å². The maximum atomic E-state index is 4.51. The van der Waals surface area contributed by atoms with Gasteiger partial charge in [0, 0.05) is 18.3 Å². The van der Waals surface area contributed by atoms with Crippen LogP contribution >= 0.6 is 0 Å². The van der Waals surface area contributed by atoms with Crippen LogP contribution in [0.15, 0.2) is 18.2 Å². The topological polar surface area (TPSA) is 24.9 Å². The van der Waals surface area contributed by atoms with E-state index in [0.29, 0.717) is 11.5 Å². The molecule has 1 heterocycles. The lowest BCUT2D eigenvalue weighted by molar-refractivity contribution is 0.364. The third-order valence-corrected chi connectivity index (χ3v) is 3.49. The van der Waals surface area contributed by atoms with E-state index in [1.165, 1.54) is 19.3 Å². The van der Waals surface area contributed by atoms with E-state index in [-0.39, 0.29) is 0 Å². The number of hydrogen-bond acceptors (Lipinski definition) is 2. The lowest BCUT2D eigenvalue weighted by Crippen LogP contribution is -2.27. The van der Waals surface area contributed by atoms with Crippen molar-refractivity contribution in [2.24, 2.45) is 5.41 Å². The zero-order valence-corrected chi connectivity index (χ0v) is 10.6. The molecule has 0 aromatic carbocycles. The molecule has 0 aliphatic heterocycles. The minimum atomic E-state index is 0.525. The maximum absolute atomic E-state index is 4.51. The number of rotatable bonds is 3. The lowest BCUT2D eigenvalue weighted by atomic mass is 9.92. The number of aromatic nitrogens is 1. The van der Waals surface area contributed by atoms with Gasteiger partial charge in [-0.05, 0) is 43.7 Å². The van der Waals surface area contributed by atoms with Crippen LogP contribution in [-0.4, -0.2) is 11.0 Å². The average molecular weight is 218 g/mol. The smallest absolute Gasteiger partial charge is 0.0544 e. The number of nitrogens with one attached hydrogen (secondary N) is 1. The van der Waals surface area contributed by atoms with Gasteiger partial charge in [-0.15, -0.1) is 0 Å². The predicted molar refractivity (Wildman–Crippen MR) is 67.2 cm³/mol. The van der Waals surface area contributed by atoms with Crippen molar-refractivity contribution >= 4 is 0 Å². The zero-order valence-electron chi connectivity index (χ0n) is 10.6. The fraction of sp³-hybridized carbons (Fsp3) is 0.643. The standard InChI is InChI=1S/C14H22N2/c1-11-5-4-6-13(16-11)10-15-12-7-8-14(2,3)9-12/h4-6,12,15H,7-10H2,1-3H3. The normalized spacial score (nSPS) is 23.6. The quantitative estimate of drug-likeness (QED) is 0.843. The van der Waals surface area contributed by atoms with E-state index in [2.05, 4.69) is 36.3 Å². The van der Waals surface area contributed by atoms with Crippen molar-refractivity contribution in [2.75, 3.05) is 0 Å². The summed E-state index contributed by atoms with van der Waals surface area (Å²) in [6.45, 7) is 7.67. The van der Waals surface area contributed by atoms with Gasteiger partial charge in [0.15, 0.2) is 0 Å². The first-order valence-corrected chi connectivity index (χ1v) is 6.21. The van der Waals surface area contributed by atoms with Crippen LogP contribution in [0.3, 0.4) is 0 Å². The minimum absolute atomic E-state index is 0.525. The van der Waals surface area contributed by atoms with Crippen molar-refractivity contribution in [1.82, 2.24) is 10.3 Å². The summed E-state index contributed by atoms with van der Waals surface area (Å²) in [4.78, 5) is 4.51. The highest BCUT2D eigenvalue weighted by atomic mass is 14.9. The molecule has 0 saturated heterocycles. The number of nitrogens with zero attached hydrogens (tertiary/aromatic N) is 1. The molecule has 1 aliphatic rings. The first kappa shape index (κ1) is 11.6. The molecule has 1 aromatic rings. The van der Waals surface area contributed by atoms with Crippen LogP contribution < -0.4 is 5.32 Å². The molecule has 1 fully saturated rings. The van der Waals surface area contributed by atoms with E-state index >= 15 is 0 Å². The van der Waals surface area contributed by atoms with Gasteiger partial charge < -0.3 is 5.32 Å². The Balaban J connectivity index is 1.84. The molecule has 2 rings (SSSR count). The third-order valence-electron chi connectivity index (χ3n) is 3.49. The van der Waals surface area contributed by atoms with Crippen LogP contribution in [0.4, 0.5) is 0 Å². The monoisotopic (exact) mass is 218 g/mol. The summed E-state index contributed by atoms with van der Waals surface area (Å²) in [6.07, 6.45) is 3.93. The number of hydrogen-bond donors (Lipinski definition) is 1. The highest BCUT2D eigenvalue weighted by Gasteiger charge is 2.30. The van der Waals surface area contributed by atoms with Crippen molar-refractivity contribution in [3.8, 4) is 0 Å². The second-order valence-corrected chi connectivity index (χ2v) is 5.76. The average Bonchev–Trinajstić information content (AvgIpc) is 2.56. The van der Waals surface area contributed by atoms with Gasteiger partial charge >= 0.3 is 0 Å². The Morgan fingerprint density at radius 2 is 2.25 bits per heavy atom. The second-order valence-electron chi connectivity index (χ2n) is 5.76. The van der Waals surface area contributed by atoms with Crippen molar-refractivity contribution in [3.63, 3.8) is 0 Å². The Labute approximate surface area is 98.5 Å². The molecule has 1 saturated carbocycles. The summed E-state index contributed by atoms with van der Waals surface area (Å²) in [5.74, 6) is 0. The van der Waals surface area contributed by atoms with Crippen LogP contribution in [0.5, 0.6) is 0 Å². The molecule has 1 N–H and O–H groups in total. The molecule has 1 unspecified atom stereocenters. The van der Waals surface area contributed by atoms with Crippen LogP contribution in [-0.2, 0) is 6.54 Å². The van der Waals surface area contributed by atoms with Gasteiger partial charge in [0.05, 0.1) is 5.69 Å². The minimum Gasteiger partial charge on any atom is -0.308 e. The molecule has 0 radical (unpaired) electrons. The van der Waals surface area contributed by atoms with Gasteiger partial charge in [-0.1, -0.05) is 19.9 Å². The Hall–Kier alpha value is -0.890. The summed E-state index contributed by atoms with van der Waals surface area (Å²) >= 11 is 0. The summed E-state index contributed by atoms with van der Waals surface area (Å²) in [5.41, 5.74) is 2.79. The highest BCUT2D eigenvalue weighted by molar-refractivity contribution is 5.09. The molecule has 1 aromatic heterocycles.